The Bertz CT molecular complexity index is 1030. The average molecular weight is 458 g/mol. The third-order valence-electron chi connectivity index (χ3n) is 5.61. The molecule has 5 nitrogen and oxygen atoms in total. The summed E-state index contributed by atoms with van der Waals surface area (Å²) in [5.74, 6) is 1.47. The van der Waals surface area contributed by atoms with E-state index in [0.717, 1.165) is 48.5 Å². The lowest BCUT2D eigenvalue weighted by molar-refractivity contribution is -0.127. The number of halogens is 2. The fraction of sp³-hybridized carbons (Fsp3) is 0.333. The Balaban J connectivity index is 1.35. The Kier molecular flexibility index (Phi) is 6.96. The highest BCUT2D eigenvalue weighted by Crippen LogP contribution is 2.25. The van der Waals surface area contributed by atoms with Crippen LogP contribution < -0.4 is 5.32 Å². The summed E-state index contributed by atoms with van der Waals surface area (Å²) in [5, 5.41) is 4.44. The molecule has 1 atom stereocenters. The second-order valence-corrected chi connectivity index (χ2v) is 8.82. The number of nitrogens with one attached hydrogen (secondary N) is 1. The first-order chi connectivity index (χ1) is 15.0. The van der Waals surface area contributed by atoms with Gasteiger partial charge in [0.15, 0.2) is 0 Å². The number of piperidine rings is 1. The highest BCUT2D eigenvalue weighted by molar-refractivity contribution is 6.30. The number of oxazole rings is 1. The van der Waals surface area contributed by atoms with E-state index in [1.165, 1.54) is 0 Å². The fourth-order valence-corrected chi connectivity index (χ4v) is 4.10. The lowest BCUT2D eigenvalue weighted by Crippen LogP contribution is -2.42. The largest absolute Gasteiger partial charge is 0.441 e. The Labute approximate surface area is 192 Å². The topological polar surface area (TPSA) is 58.4 Å². The van der Waals surface area contributed by atoms with Crippen LogP contribution in [0.5, 0.6) is 0 Å². The van der Waals surface area contributed by atoms with Gasteiger partial charge in [0.1, 0.15) is 5.76 Å². The van der Waals surface area contributed by atoms with Crippen molar-refractivity contribution < 1.29 is 9.21 Å². The van der Waals surface area contributed by atoms with Crippen LogP contribution in [0.15, 0.2) is 52.9 Å². The zero-order valence-electron chi connectivity index (χ0n) is 17.4. The van der Waals surface area contributed by atoms with Crippen LogP contribution in [0.25, 0.3) is 11.5 Å². The lowest BCUT2D eigenvalue weighted by atomic mass is 9.97. The molecule has 7 heteroatoms. The van der Waals surface area contributed by atoms with E-state index in [1.54, 1.807) is 0 Å². The molecule has 0 radical (unpaired) electrons. The highest BCUT2D eigenvalue weighted by atomic mass is 35.5. The molecule has 1 aliphatic heterocycles. The van der Waals surface area contributed by atoms with Crippen molar-refractivity contribution in [1.82, 2.24) is 15.2 Å². The highest BCUT2D eigenvalue weighted by Gasteiger charge is 2.27. The van der Waals surface area contributed by atoms with E-state index in [9.17, 15) is 4.79 Å². The molecule has 162 valence electrons. The smallest absolute Gasteiger partial charge is 0.226 e. The molecule has 1 N–H and O–H groups in total. The standard InChI is InChI=1S/C24H25Cl2N3O2/c1-16-22(28-24(31-16)18-6-10-21(26)11-7-18)15-29-12-2-3-19(14-29)23(30)27-13-17-4-8-20(25)9-5-17/h4-11,19H,2-3,12-15H2,1H3,(H,27,30)/t19-/m0/s1. The maximum Gasteiger partial charge on any atom is 0.226 e. The van der Waals surface area contributed by atoms with Gasteiger partial charge in [0, 0.05) is 35.2 Å². The molecule has 0 saturated carbocycles. The summed E-state index contributed by atoms with van der Waals surface area (Å²) in [4.78, 5) is 19.7. The number of aromatic nitrogens is 1. The number of nitrogens with zero attached hydrogens (tertiary/aromatic N) is 2. The second kappa shape index (κ2) is 9.86. The number of hydrogen-bond acceptors (Lipinski definition) is 4. The van der Waals surface area contributed by atoms with Gasteiger partial charge in [-0.15, -0.1) is 0 Å². The third-order valence-corrected chi connectivity index (χ3v) is 6.12. The molecular formula is C24H25Cl2N3O2. The van der Waals surface area contributed by atoms with Crippen molar-refractivity contribution in [3.05, 3.63) is 75.6 Å². The van der Waals surface area contributed by atoms with Crippen LogP contribution in [0.4, 0.5) is 0 Å². The van der Waals surface area contributed by atoms with Crippen molar-refractivity contribution in [2.24, 2.45) is 5.92 Å². The number of carbonyl (C=O) groups is 1. The summed E-state index contributed by atoms with van der Waals surface area (Å²) >= 11 is 11.9. The molecule has 1 aromatic heterocycles. The van der Waals surface area contributed by atoms with Crippen LogP contribution in [-0.4, -0.2) is 28.9 Å². The van der Waals surface area contributed by atoms with Gasteiger partial charge in [0.25, 0.3) is 0 Å². The number of hydrogen-bond donors (Lipinski definition) is 1. The van der Waals surface area contributed by atoms with Crippen LogP contribution >= 0.6 is 23.2 Å². The molecule has 31 heavy (non-hydrogen) atoms. The van der Waals surface area contributed by atoms with Crippen LogP contribution in [0.3, 0.4) is 0 Å². The molecule has 1 amide bonds. The van der Waals surface area contributed by atoms with Crippen molar-refractivity contribution in [2.45, 2.75) is 32.9 Å². The number of carbonyl (C=O) groups excluding carboxylic acids is 1. The predicted octanol–water partition coefficient (Wildman–Crippen LogP) is 5.49. The van der Waals surface area contributed by atoms with E-state index < -0.39 is 0 Å². The van der Waals surface area contributed by atoms with Gasteiger partial charge in [-0.2, -0.15) is 0 Å². The number of amides is 1. The van der Waals surface area contributed by atoms with Gasteiger partial charge in [-0.05, 0) is 68.3 Å². The van der Waals surface area contributed by atoms with Crippen molar-refractivity contribution in [2.75, 3.05) is 13.1 Å². The van der Waals surface area contributed by atoms with Gasteiger partial charge in [-0.1, -0.05) is 35.3 Å². The van der Waals surface area contributed by atoms with Gasteiger partial charge in [0.05, 0.1) is 11.6 Å². The number of likely N-dealkylation sites (tertiary alicyclic amines) is 1. The molecule has 1 aliphatic rings. The average Bonchev–Trinajstić information content (AvgIpc) is 3.14. The van der Waals surface area contributed by atoms with Crippen LogP contribution in [0.2, 0.25) is 10.0 Å². The van der Waals surface area contributed by atoms with Gasteiger partial charge in [0.2, 0.25) is 11.8 Å². The van der Waals surface area contributed by atoms with Crippen LogP contribution in [-0.2, 0) is 17.9 Å². The molecule has 1 fully saturated rings. The van der Waals surface area contributed by atoms with Crippen LogP contribution in [0, 0.1) is 12.8 Å². The van der Waals surface area contributed by atoms with E-state index in [-0.39, 0.29) is 11.8 Å². The van der Waals surface area contributed by atoms with Crippen molar-refractivity contribution in [1.29, 1.82) is 0 Å². The minimum atomic E-state index is -0.0241. The van der Waals surface area contributed by atoms with Gasteiger partial charge in [-0.3, -0.25) is 9.69 Å². The summed E-state index contributed by atoms with van der Waals surface area (Å²) in [6, 6.07) is 15.0. The fourth-order valence-electron chi connectivity index (χ4n) is 3.85. The second-order valence-electron chi connectivity index (χ2n) is 7.95. The number of benzene rings is 2. The maximum absolute atomic E-state index is 12.7. The van der Waals surface area contributed by atoms with E-state index in [0.29, 0.717) is 29.0 Å². The van der Waals surface area contributed by atoms with E-state index in [4.69, 9.17) is 32.6 Å². The Morgan fingerprint density at radius 3 is 2.52 bits per heavy atom. The van der Waals surface area contributed by atoms with Crippen molar-refractivity contribution in [3.8, 4) is 11.5 Å². The SMILES string of the molecule is Cc1oc(-c2ccc(Cl)cc2)nc1CN1CCC[C@H](C(=O)NCc2ccc(Cl)cc2)C1. The summed E-state index contributed by atoms with van der Waals surface area (Å²) in [6.07, 6.45) is 1.89. The monoisotopic (exact) mass is 457 g/mol. The molecule has 0 aliphatic carbocycles. The van der Waals surface area contributed by atoms with E-state index in [1.807, 2.05) is 55.5 Å². The van der Waals surface area contributed by atoms with Crippen molar-refractivity contribution >= 4 is 29.1 Å². The molecule has 0 bridgehead atoms. The molecule has 2 heterocycles. The zero-order valence-corrected chi connectivity index (χ0v) is 18.9. The third kappa shape index (κ3) is 5.67. The summed E-state index contributed by atoms with van der Waals surface area (Å²) < 4.78 is 5.88. The first-order valence-corrected chi connectivity index (χ1v) is 11.2. The predicted molar refractivity (Wildman–Crippen MR) is 123 cm³/mol. The van der Waals surface area contributed by atoms with Gasteiger partial charge in [-0.25, -0.2) is 4.98 Å². The Morgan fingerprint density at radius 2 is 1.81 bits per heavy atom. The van der Waals surface area contributed by atoms with Crippen LogP contribution in [0.1, 0.15) is 29.9 Å². The normalized spacial score (nSPS) is 16.9. The molecule has 0 unspecified atom stereocenters. The Morgan fingerprint density at radius 1 is 1.13 bits per heavy atom. The first kappa shape index (κ1) is 21.9. The zero-order chi connectivity index (χ0) is 21.8. The molecule has 2 aromatic carbocycles. The summed E-state index contributed by atoms with van der Waals surface area (Å²) in [7, 11) is 0. The number of aryl methyl sites for hydroxylation is 1. The number of rotatable bonds is 6. The van der Waals surface area contributed by atoms with E-state index in [2.05, 4.69) is 10.2 Å². The molecular weight excluding hydrogens is 433 g/mol. The molecule has 0 spiro atoms. The molecule has 1 saturated heterocycles. The molecule has 3 aromatic rings. The quantitative estimate of drug-likeness (QED) is 0.531. The van der Waals surface area contributed by atoms with Gasteiger partial charge >= 0.3 is 0 Å². The first-order valence-electron chi connectivity index (χ1n) is 10.4. The van der Waals surface area contributed by atoms with Crippen molar-refractivity contribution in [3.63, 3.8) is 0 Å². The molecule has 4 rings (SSSR count). The summed E-state index contributed by atoms with van der Waals surface area (Å²) in [5.41, 5.74) is 2.85. The minimum absolute atomic E-state index is 0.0241. The maximum atomic E-state index is 12.7. The minimum Gasteiger partial charge on any atom is -0.441 e. The summed E-state index contributed by atoms with van der Waals surface area (Å²) in [6.45, 7) is 4.78. The van der Waals surface area contributed by atoms with E-state index >= 15 is 0 Å². The van der Waals surface area contributed by atoms with Gasteiger partial charge < -0.3 is 9.73 Å². The Hall–Kier alpha value is -2.34. The lowest BCUT2D eigenvalue weighted by Gasteiger charge is -2.31.